The van der Waals surface area contributed by atoms with Crippen molar-refractivity contribution in [3.8, 4) is 0 Å². The van der Waals surface area contributed by atoms with Crippen LogP contribution in [0.4, 0.5) is 0 Å². The molecule has 0 saturated carbocycles. The molecule has 2 aliphatic rings. The minimum atomic E-state index is -0.396. The van der Waals surface area contributed by atoms with Crippen molar-refractivity contribution < 1.29 is 19.1 Å². The molecule has 0 saturated heterocycles. The molecule has 0 fully saturated rings. The van der Waals surface area contributed by atoms with Gasteiger partial charge in [0, 0.05) is 0 Å². The van der Waals surface area contributed by atoms with Crippen LogP contribution in [0.5, 0.6) is 0 Å². The number of aromatic nitrogens is 2. The highest BCUT2D eigenvalue weighted by Crippen LogP contribution is 2.27. The van der Waals surface area contributed by atoms with Crippen LogP contribution < -0.4 is 0 Å². The van der Waals surface area contributed by atoms with E-state index in [0.717, 1.165) is 11.0 Å². The molecule has 0 amide bonds. The largest absolute Gasteiger partial charge is 0.462 e. The van der Waals surface area contributed by atoms with Gasteiger partial charge in [-0.25, -0.2) is 18.9 Å². The van der Waals surface area contributed by atoms with Crippen molar-refractivity contribution in [2.75, 3.05) is 13.2 Å². The lowest BCUT2D eigenvalue weighted by Crippen LogP contribution is -2.12. The Morgan fingerprint density at radius 1 is 0.692 bits per heavy atom. The fourth-order valence-corrected chi connectivity index (χ4v) is 3.27. The van der Waals surface area contributed by atoms with E-state index in [-0.39, 0.29) is 0 Å². The lowest BCUT2D eigenvalue weighted by atomic mass is 10.2. The van der Waals surface area contributed by atoms with Crippen LogP contribution in [0.3, 0.4) is 0 Å². The van der Waals surface area contributed by atoms with E-state index in [1.807, 2.05) is 45.8 Å². The van der Waals surface area contributed by atoms with E-state index in [0.29, 0.717) is 35.4 Å². The third-order valence-electron chi connectivity index (χ3n) is 4.35. The van der Waals surface area contributed by atoms with Crippen molar-refractivity contribution in [2.24, 2.45) is 0 Å². The molecule has 0 aromatic carbocycles. The Morgan fingerprint density at radius 3 is 1.54 bits per heavy atom. The van der Waals surface area contributed by atoms with Crippen LogP contribution >= 0.6 is 0 Å². The minimum absolute atomic E-state index is 0.295. The summed E-state index contributed by atoms with van der Waals surface area (Å²) in [6, 6.07) is 14.8. The summed E-state index contributed by atoms with van der Waals surface area (Å²) in [6.45, 7) is 4.14. The van der Waals surface area contributed by atoms with Crippen LogP contribution in [0.15, 0.2) is 48.5 Å². The van der Waals surface area contributed by atoms with E-state index in [2.05, 4.69) is 0 Å². The fraction of sp³-hybridized carbons (Fsp3) is 0.200. The smallest absolute Gasteiger partial charge is 0.340 e. The van der Waals surface area contributed by atoms with Crippen LogP contribution in [-0.2, 0) is 9.47 Å². The zero-order valence-corrected chi connectivity index (χ0v) is 14.6. The molecule has 6 heteroatoms. The van der Waals surface area contributed by atoms with E-state index < -0.39 is 11.9 Å². The van der Waals surface area contributed by atoms with Gasteiger partial charge in [-0.2, -0.15) is 0 Å². The molecular formula is C20H18N2O4. The van der Waals surface area contributed by atoms with E-state index >= 15 is 0 Å². The standard InChI is InChI=1S/C20H18N2O4/c1-3-25-19(23)15-9-7-13-5-6-14-8-10-16(20(24)26-4-2)18-12-11-17(15)22(18)21(13)14/h5-12H,3-4H2,1-2H3. The van der Waals surface area contributed by atoms with Crippen LogP contribution in [0.25, 0.3) is 22.1 Å². The summed E-state index contributed by atoms with van der Waals surface area (Å²) < 4.78 is 14.2. The Labute approximate surface area is 149 Å². The quantitative estimate of drug-likeness (QED) is 0.527. The van der Waals surface area contributed by atoms with Gasteiger partial charge in [0.25, 0.3) is 0 Å². The Morgan fingerprint density at radius 2 is 1.12 bits per heavy atom. The number of nitrogens with zero attached hydrogens (tertiary/aromatic N) is 2. The molecule has 0 unspecified atom stereocenters. The van der Waals surface area contributed by atoms with Crippen molar-refractivity contribution in [1.82, 2.24) is 9.35 Å². The second kappa shape index (κ2) is 6.22. The van der Waals surface area contributed by atoms with Gasteiger partial charge in [-0.05, 0) is 62.4 Å². The molecule has 2 aromatic rings. The molecule has 0 bridgehead atoms. The van der Waals surface area contributed by atoms with Crippen LogP contribution in [0, 0.1) is 0 Å². The Balaban J connectivity index is 2.11. The molecule has 0 radical (unpaired) electrons. The monoisotopic (exact) mass is 350 g/mol. The first-order valence-electron chi connectivity index (χ1n) is 8.55. The molecule has 0 atom stereocenters. The zero-order valence-electron chi connectivity index (χ0n) is 14.6. The van der Waals surface area contributed by atoms with Gasteiger partial charge in [-0.1, -0.05) is 0 Å². The van der Waals surface area contributed by atoms with Gasteiger partial charge in [0.1, 0.15) is 0 Å². The highest BCUT2D eigenvalue weighted by atomic mass is 16.5. The first-order valence-corrected chi connectivity index (χ1v) is 8.55. The molecule has 0 aliphatic carbocycles. The Kier molecular flexibility index (Phi) is 3.88. The molecule has 0 spiro atoms. The summed E-state index contributed by atoms with van der Waals surface area (Å²) >= 11 is 0. The van der Waals surface area contributed by atoms with E-state index in [9.17, 15) is 9.59 Å². The normalized spacial score (nSPS) is 11.3. The topological polar surface area (TPSA) is 62.5 Å². The maximum atomic E-state index is 12.5. The second-order valence-corrected chi connectivity index (χ2v) is 5.85. The van der Waals surface area contributed by atoms with E-state index in [1.54, 1.807) is 26.0 Å². The first-order chi connectivity index (χ1) is 12.7. The SMILES string of the molecule is CCOC(=O)c1ccc2ccc3ccc(C(=O)OCC)c4ccc1n4-n23. The number of ether oxygens (including phenoxy) is 2. The van der Waals surface area contributed by atoms with Crippen molar-refractivity contribution in [2.45, 2.75) is 13.8 Å². The average Bonchev–Trinajstić information content (AvgIpc) is 3.12. The highest BCUT2D eigenvalue weighted by Gasteiger charge is 2.21. The predicted octanol–water partition coefficient (Wildman–Crippen LogP) is 3.70. The Hall–Kier alpha value is -3.28. The lowest BCUT2D eigenvalue weighted by Gasteiger charge is -2.12. The summed E-state index contributed by atoms with van der Waals surface area (Å²) in [5.41, 5.74) is 4.00. The molecular weight excluding hydrogens is 332 g/mol. The van der Waals surface area contributed by atoms with Crippen molar-refractivity contribution >= 4 is 34.0 Å². The highest BCUT2D eigenvalue weighted by molar-refractivity contribution is 6.02. The number of rotatable bonds is 4. The molecule has 2 aromatic heterocycles. The van der Waals surface area contributed by atoms with Gasteiger partial charge in [-0.15, -0.1) is 0 Å². The molecule has 4 rings (SSSR count). The number of hydrogen-bond acceptors (Lipinski definition) is 4. The first kappa shape index (κ1) is 16.2. The number of esters is 2. The summed E-state index contributed by atoms with van der Waals surface area (Å²) in [4.78, 5) is 24.9. The molecule has 26 heavy (non-hydrogen) atoms. The maximum absolute atomic E-state index is 12.5. The maximum Gasteiger partial charge on any atom is 0.340 e. The molecule has 6 nitrogen and oxygen atoms in total. The van der Waals surface area contributed by atoms with Gasteiger partial charge >= 0.3 is 11.9 Å². The number of carbonyl (C=O) groups excluding carboxylic acids is 2. The van der Waals surface area contributed by atoms with Gasteiger partial charge in [0.05, 0.1) is 46.4 Å². The summed E-state index contributed by atoms with van der Waals surface area (Å²) in [7, 11) is 0. The summed E-state index contributed by atoms with van der Waals surface area (Å²) in [5.74, 6) is -0.793. The van der Waals surface area contributed by atoms with Crippen molar-refractivity contribution in [1.29, 1.82) is 0 Å². The van der Waals surface area contributed by atoms with Gasteiger partial charge in [0.15, 0.2) is 0 Å². The second-order valence-electron chi connectivity index (χ2n) is 5.85. The lowest BCUT2D eigenvalue weighted by molar-refractivity contribution is 0.0519. The summed E-state index contributed by atoms with van der Waals surface area (Å²) in [6.07, 6.45) is 0. The average molecular weight is 350 g/mol. The Bertz CT molecular complexity index is 1020. The van der Waals surface area contributed by atoms with Gasteiger partial charge in [-0.3, -0.25) is 0 Å². The summed E-state index contributed by atoms with van der Waals surface area (Å²) in [5, 5.41) is 0. The molecule has 4 heterocycles. The van der Waals surface area contributed by atoms with Crippen LogP contribution in [-0.4, -0.2) is 34.5 Å². The predicted molar refractivity (Wildman–Crippen MR) is 97.8 cm³/mol. The van der Waals surface area contributed by atoms with E-state index in [4.69, 9.17) is 9.47 Å². The fourth-order valence-electron chi connectivity index (χ4n) is 3.27. The number of hydrogen-bond donors (Lipinski definition) is 0. The third-order valence-corrected chi connectivity index (χ3v) is 4.35. The van der Waals surface area contributed by atoms with Gasteiger partial charge in [0.2, 0.25) is 0 Å². The van der Waals surface area contributed by atoms with Gasteiger partial charge < -0.3 is 9.47 Å². The zero-order chi connectivity index (χ0) is 18.3. The van der Waals surface area contributed by atoms with Crippen LogP contribution in [0.1, 0.15) is 34.6 Å². The third kappa shape index (κ3) is 2.34. The molecule has 2 aliphatic heterocycles. The van der Waals surface area contributed by atoms with Crippen LogP contribution in [0.2, 0.25) is 0 Å². The van der Waals surface area contributed by atoms with Crippen molar-refractivity contribution in [3.63, 3.8) is 0 Å². The molecule has 132 valence electrons. The van der Waals surface area contributed by atoms with E-state index in [1.165, 1.54) is 0 Å². The van der Waals surface area contributed by atoms with Crippen molar-refractivity contribution in [3.05, 3.63) is 59.7 Å². The molecule has 0 N–H and O–H groups in total. The number of carbonyl (C=O) groups is 2. The minimum Gasteiger partial charge on any atom is -0.462 e.